The molecule has 0 N–H and O–H groups in total. The normalized spacial score (nSPS) is 35.4. The molecule has 1 aromatic rings. The van der Waals surface area contributed by atoms with Crippen LogP contribution in [-0.2, 0) is 19.1 Å². The maximum absolute atomic E-state index is 12.9. The molecule has 6 nitrogen and oxygen atoms in total. The Morgan fingerprint density at radius 1 is 1.18 bits per heavy atom. The van der Waals surface area contributed by atoms with Gasteiger partial charge in [0.15, 0.2) is 0 Å². The Bertz CT molecular complexity index is 700. The minimum atomic E-state index is -1.13. The number of hydrogen-bond acceptors (Lipinski definition) is 5. The average Bonchev–Trinajstić information content (AvgIpc) is 3.18. The lowest BCUT2D eigenvalue weighted by Gasteiger charge is -2.27. The second-order valence-corrected chi connectivity index (χ2v) is 5.55. The van der Waals surface area contributed by atoms with Crippen LogP contribution >= 0.6 is 0 Å². The van der Waals surface area contributed by atoms with Crippen molar-refractivity contribution in [1.82, 2.24) is 0 Å². The van der Waals surface area contributed by atoms with Gasteiger partial charge in [0.1, 0.15) is 11.7 Å². The van der Waals surface area contributed by atoms with E-state index in [0.29, 0.717) is 11.4 Å². The number of nitrogens with zero attached hydrogens (tertiary/aromatic N) is 1. The maximum Gasteiger partial charge on any atom is 0.243 e. The molecule has 2 saturated heterocycles. The summed E-state index contributed by atoms with van der Waals surface area (Å²) in [6, 6.07) is 6.98. The van der Waals surface area contributed by atoms with Crippen molar-refractivity contribution in [2.75, 3.05) is 19.1 Å². The number of carbonyl (C=O) groups excluding carboxylic acids is 2. The van der Waals surface area contributed by atoms with Crippen molar-refractivity contribution in [2.24, 2.45) is 11.8 Å². The van der Waals surface area contributed by atoms with Gasteiger partial charge in [-0.25, -0.2) is 4.90 Å². The molecule has 4 rings (SSSR count). The average molecular weight is 301 g/mol. The van der Waals surface area contributed by atoms with E-state index in [2.05, 4.69) is 0 Å². The number of methoxy groups -OCH3 is 2. The third-order valence-electron chi connectivity index (χ3n) is 4.62. The van der Waals surface area contributed by atoms with Crippen LogP contribution in [0.1, 0.15) is 0 Å². The molecule has 0 aliphatic carbocycles. The first-order chi connectivity index (χ1) is 10.6. The predicted octanol–water partition coefficient (Wildman–Crippen LogP) is 1.11. The predicted molar refractivity (Wildman–Crippen MR) is 76.2 cm³/mol. The highest BCUT2D eigenvalue weighted by atomic mass is 16.7. The molecular weight excluding hydrogens is 286 g/mol. The summed E-state index contributed by atoms with van der Waals surface area (Å²) in [5, 5.41) is 0. The van der Waals surface area contributed by atoms with E-state index in [1.54, 1.807) is 36.4 Å². The molecule has 4 atom stereocenters. The lowest BCUT2D eigenvalue weighted by molar-refractivity contribution is -0.181. The molecule has 1 aromatic carbocycles. The van der Waals surface area contributed by atoms with Crippen molar-refractivity contribution in [1.29, 1.82) is 0 Å². The highest BCUT2D eigenvalue weighted by molar-refractivity contribution is 6.23. The molecule has 2 amide bonds. The Hall–Kier alpha value is -2.18. The minimum Gasteiger partial charge on any atom is -0.495 e. The Balaban J connectivity index is 1.80. The number of fused-ring (bicyclic) bond motifs is 5. The van der Waals surface area contributed by atoms with E-state index < -0.39 is 23.7 Å². The van der Waals surface area contributed by atoms with E-state index in [4.69, 9.17) is 14.2 Å². The molecule has 2 fully saturated rings. The number of carbonyl (C=O) groups is 2. The quantitative estimate of drug-likeness (QED) is 0.618. The molecule has 6 heteroatoms. The lowest BCUT2D eigenvalue weighted by Crippen LogP contribution is -2.42. The van der Waals surface area contributed by atoms with Crippen molar-refractivity contribution in [3.8, 4) is 5.75 Å². The molecule has 114 valence electrons. The van der Waals surface area contributed by atoms with E-state index in [-0.39, 0.29) is 11.8 Å². The molecule has 0 spiro atoms. The standard InChI is InChI=1S/C16H15NO5/c1-20-10-6-4-3-5-9(10)17-14(18)12-11-7-8-16(21-2,22-11)13(12)15(17)19/h3-8,11-13H,1-2H3/t11-,12-,13-,16-/m1/s1. The second-order valence-electron chi connectivity index (χ2n) is 5.55. The van der Waals surface area contributed by atoms with E-state index in [1.807, 2.05) is 0 Å². The van der Waals surface area contributed by atoms with Gasteiger partial charge in [0.2, 0.25) is 17.6 Å². The summed E-state index contributed by atoms with van der Waals surface area (Å²) in [7, 11) is 2.99. The first-order valence-electron chi connectivity index (χ1n) is 7.06. The van der Waals surface area contributed by atoms with Crippen LogP contribution in [0.2, 0.25) is 0 Å². The van der Waals surface area contributed by atoms with Gasteiger partial charge in [0.05, 0.1) is 24.8 Å². The van der Waals surface area contributed by atoms with E-state index in [0.717, 1.165) is 0 Å². The summed E-state index contributed by atoms with van der Waals surface area (Å²) in [5.74, 6) is -2.41. The number of anilines is 1. The molecule has 22 heavy (non-hydrogen) atoms. The Kier molecular flexibility index (Phi) is 2.70. The molecule has 3 aliphatic heterocycles. The topological polar surface area (TPSA) is 65.1 Å². The lowest BCUT2D eigenvalue weighted by atomic mass is 9.83. The van der Waals surface area contributed by atoms with Crippen LogP contribution in [0.25, 0.3) is 0 Å². The molecule has 3 heterocycles. The number of rotatable bonds is 3. The minimum absolute atomic E-state index is 0.271. The van der Waals surface area contributed by atoms with Gasteiger partial charge in [0, 0.05) is 7.11 Å². The van der Waals surface area contributed by atoms with Gasteiger partial charge >= 0.3 is 0 Å². The van der Waals surface area contributed by atoms with Crippen molar-refractivity contribution >= 4 is 17.5 Å². The number of imide groups is 1. The first kappa shape index (κ1) is 13.5. The fourth-order valence-corrected chi connectivity index (χ4v) is 3.63. The zero-order valence-corrected chi connectivity index (χ0v) is 12.2. The summed E-state index contributed by atoms with van der Waals surface area (Å²) in [5.41, 5.74) is 0.458. The van der Waals surface area contributed by atoms with Gasteiger partial charge in [-0.2, -0.15) is 0 Å². The molecule has 0 radical (unpaired) electrons. The number of para-hydroxylation sites is 2. The second kappa shape index (κ2) is 4.41. The number of hydrogen-bond donors (Lipinski definition) is 0. The van der Waals surface area contributed by atoms with Crippen LogP contribution in [-0.4, -0.2) is 37.9 Å². The zero-order chi connectivity index (χ0) is 15.5. The van der Waals surface area contributed by atoms with Gasteiger partial charge in [0.25, 0.3) is 0 Å². The van der Waals surface area contributed by atoms with E-state index in [9.17, 15) is 9.59 Å². The van der Waals surface area contributed by atoms with E-state index >= 15 is 0 Å². The maximum atomic E-state index is 12.9. The van der Waals surface area contributed by atoms with Gasteiger partial charge in [-0.15, -0.1) is 0 Å². The fraction of sp³-hybridized carbons (Fsp3) is 0.375. The largest absolute Gasteiger partial charge is 0.495 e. The van der Waals surface area contributed by atoms with Crippen LogP contribution in [0.5, 0.6) is 5.75 Å². The smallest absolute Gasteiger partial charge is 0.243 e. The van der Waals surface area contributed by atoms with Crippen LogP contribution < -0.4 is 9.64 Å². The molecular formula is C16H15NO5. The SMILES string of the molecule is COc1ccccc1N1C(=O)[C@@H]2[C@H]3C=C[C@@](OC)(O3)[C@H]2C1=O. The third kappa shape index (κ3) is 1.46. The summed E-state index contributed by atoms with van der Waals surface area (Å²) in [6.07, 6.45) is 3.11. The van der Waals surface area contributed by atoms with Gasteiger partial charge in [-0.05, 0) is 18.2 Å². The highest BCUT2D eigenvalue weighted by Gasteiger charge is 2.68. The fourth-order valence-electron chi connectivity index (χ4n) is 3.63. The third-order valence-corrected chi connectivity index (χ3v) is 4.62. The van der Waals surface area contributed by atoms with Crippen LogP contribution in [0.4, 0.5) is 5.69 Å². The summed E-state index contributed by atoms with van der Waals surface area (Å²) in [4.78, 5) is 26.9. The highest BCUT2D eigenvalue weighted by Crippen LogP contribution is 2.53. The number of ether oxygens (including phenoxy) is 3. The van der Waals surface area contributed by atoms with E-state index in [1.165, 1.54) is 19.1 Å². The molecule has 0 saturated carbocycles. The number of benzene rings is 1. The number of amides is 2. The zero-order valence-electron chi connectivity index (χ0n) is 12.2. The van der Waals surface area contributed by atoms with Crippen molar-refractivity contribution in [3.05, 3.63) is 36.4 Å². The van der Waals surface area contributed by atoms with Gasteiger partial charge < -0.3 is 14.2 Å². The van der Waals surface area contributed by atoms with Gasteiger partial charge in [-0.3, -0.25) is 9.59 Å². The van der Waals surface area contributed by atoms with Gasteiger partial charge in [-0.1, -0.05) is 18.2 Å². The molecule has 0 aromatic heterocycles. The molecule has 0 unspecified atom stereocenters. The first-order valence-corrected chi connectivity index (χ1v) is 7.06. The van der Waals surface area contributed by atoms with Crippen molar-refractivity contribution in [2.45, 2.75) is 11.9 Å². The van der Waals surface area contributed by atoms with Crippen molar-refractivity contribution < 1.29 is 23.8 Å². The summed E-state index contributed by atoms with van der Waals surface area (Å²) < 4.78 is 16.4. The summed E-state index contributed by atoms with van der Waals surface area (Å²) >= 11 is 0. The van der Waals surface area contributed by atoms with Crippen LogP contribution in [0, 0.1) is 11.8 Å². The molecule has 3 aliphatic rings. The summed E-state index contributed by atoms with van der Waals surface area (Å²) in [6.45, 7) is 0. The monoisotopic (exact) mass is 301 g/mol. The Morgan fingerprint density at radius 3 is 2.68 bits per heavy atom. The Labute approximate surface area is 127 Å². The van der Waals surface area contributed by atoms with Crippen LogP contribution in [0.15, 0.2) is 36.4 Å². The Morgan fingerprint density at radius 2 is 1.95 bits per heavy atom. The van der Waals surface area contributed by atoms with Crippen LogP contribution in [0.3, 0.4) is 0 Å². The van der Waals surface area contributed by atoms with Crippen molar-refractivity contribution in [3.63, 3.8) is 0 Å². The molecule has 2 bridgehead atoms.